The van der Waals surface area contributed by atoms with Crippen molar-refractivity contribution in [3.63, 3.8) is 0 Å². The number of fused-ring (bicyclic) bond motifs is 1. The first-order chi connectivity index (χ1) is 11.1. The summed E-state index contributed by atoms with van der Waals surface area (Å²) in [6.07, 6.45) is 1.94. The maximum absolute atomic E-state index is 12.7. The van der Waals surface area contributed by atoms with Crippen LogP contribution < -0.4 is 5.32 Å². The monoisotopic (exact) mass is 308 g/mol. The minimum atomic E-state index is -0.181. The Morgan fingerprint density at radius 2 is 1.91 bits per heavy atom. The lowest BCUT2D eigenvalue weighted by Crippen LogP contribution is -2.19. The smallest absolute Gasteiger partial charge is 0.276 e. The fourth-order valence-corrected chi connectivity index (χ4v) is 2.57. The Bertz CT molecular complexity index is 851. The normalized spacial score (nSPS) is 11.1. The van der Waals surface area contributed by atoms with Gasteiger partial charge >= 0.3 is 0 Å². The summed E-state index contributed by atoms with van der Waals surface area (Å²) in [5, 5.41) is 2.97. The number of hydrogen-bond acceptors (Lipinski definition) is 3. The molecule has 0 aliphatic rings. The molecule has 1 N–H and O–H groups in total. The van der Waals surface area contributed by atoms with Crippen LogP contribution in [0.4, 0.5) is 5.69 Å². The summed E-state index contributed by atoms with van der Waals surface area (Å²) in [5.41, 5.74) is 3.97. The summed E-state index contributed by atoms with van der Waals surface area (Å²) < 4.78 is 1.97. The van der Waals surface area contributed by atoms with Crippen molar-refractivity contribution in [3.05, 3.63) is 65.6 Å². The van der Waals surface area contributed by atoms with Crippen molar-refractivity contribution in [2.75, 3.05) is 19.4 Å². The van der Waals surface area contributed by atoms with Crippen LogP contribution in [0.2, 0.25) is 0 Å². The number of pyridine rings is 1. The number of amides is 1. The quantitative estimate of drug-likeness (QED) is 0.806. The molecule has 0 atom stereocenters. The molecule has 5 heteroatoms. The van der Waals surface area contributed by atoms with E-state index in [9.17, 15) is 4.79 Å². The number of aryl methyl sites for hydroxylation is 1. The minimum Gasteiger partial charge on any atom is -0.320 e. The van der Waals surface area contributed by atoms with Crippen molar-refractivity contribution < 1.29 is 4.79 Å². The van der Waals surface area contributed by atoms with Gasteiger partial charge in [-0.15, -0.1) is 0 Å². The Morgan fingerprint density at radius 1 is 1.17 bits per heavy atom. The van der Waals surface area contributed by atoms with Crippen molar-refractivity contribution in [2.24, 2.45) is 0 Å². The van der Waals surface area contributed by atoms with Gasteiger partial charge in [0.15, 0.2) is 5.69 Å². The standard InChI is InChI=1S/C18H20N4O/c1-13-8-4-5-9-14(13)19-18(23)17-15(12-21(2)3)22-11-7-6-10-16(22)20-17/h4-11H,12H2,1-3H3,(H,19,23). The molecule has 23 heavy (non-hydrogen) atoms. The van der Waals surface area contributed by atoms with E-state index in [1.54, 1.807) is 0 Å². The van der Waals surface area contributed by atoms with Crippen LogP contribution in [-0.2, 0) is 6.54 Å². The largest absolute Gasteiger partial charge is 0.320 e. The van der Waals surface area contributed by atoms with Gasteiger partial charge in [0.05, 0.1) is 5.69 Å². The number of rotatable bonds is 4. The van der Waals surface area contributed by atoms with Crippen LogP contribution in [-0.4, -0.2) is 34.3 Å². The van der Waals surface area contributed by atoms with Crippen LogP contribution in [0.15, 0.2) is 48.7 Å². The van der Waals surface area contributed by atoms with Crippen molar-refractivity contribution in [1.29, 1.82) is 0 Å². The van der Waals surface area contributed by atoms with Crippen LogP contribution in [0.1, 0.15) is 21.7 Å². The number of para-hydroxylation sites is 1. The average Bonchev–Trinajstić information content (AvgIpc) is 2.88. The second kappa shape index (κ2) is 6.22. The van der Waals surface area contributed by atoms with Gasteiger partial charge in [0.1, 0.15) is 5.65 Å². The van der Waals surface area contributed by atoms with Crippen LogP contribution >= 0.6 is 0 Å². The predicted molar refractivity (Wildman–Crippen MR) is 91.7 cm³/mol. The molecule has 0 bridgehead atoms. The van der Waals surface area contributed by atoms with E-state index in [1.165, 1.54) is 0 Å². The van der Waals surface area contributed by atoms with E-state index < -0.39 is 0 Å². The maximum Gasteiger partial charge on any atom is 0.276 e. The second-order valence-electron chi connectivity index (χ2n) is 5.84. The highest BCUT2D eigenvalue weighted by Gasteiger charge is 2.19. The lowest BCUT2D eigenvalue weighted by atomic mass is 10.2. The molecule has 3 rings (SSSR count). The molecule has 0 aliphatic carbocycles. The number of imidazole rings is 1. The van der Waals surface area contributed by atoms with E-state index in [-0.39, 0.29) is 5.91 Å². The lowest BCUT2D eigenvalue weighted by molar-refractivity contribution is 0.102. The zero-order valence-corrected chi connectivity index (χ0v) is 13.6. The Morgan fingerprint density at radius 3 is 2.65 bits per heavy atom. The van der Waals surface area contributed by atoms with E-state index in [1.807, 2.05) is 79.0 Å². The number of nitrogens with zero attached hydrogens (tertiary/aromatic N) is 3. The van der Waals surface area contributed by atoms with Gasteiger partial charge in [-0.3, -0.25) is 4.79 Å². The zero-order valence-electron chi connectivity index (χ0n) is 13.6. The van der Waals surface area contributed by atoms with E-state index in [4.69, 9.17) is 0 Å². The molecule has 1 aromatic carbocycles. The topological polar surface area (TPSA) is 49.6 Å². The fourth-order valence-electron chi connectivity index (χ4n) is 2.57. The Balaban J connectivity index is 2.01. The number of carbonyl (C=O) groups excluding carboxylic acids is 1. The van der Waals surface area contributed by atoms with Crippen molar-refractivity contribution in [1.82, 2.24) is 14.3 Å². The number of anilines is 1. The Labute approximate surface area is 135 Å². The number of benzene rings is 1. The van der Waals surface area contributed by atoms with E-state index in [0.717, 1.165) is 22.6 Å². The molecule has 0 saturated carbocycles. The molecule has 0 spiro atoms. The molecule has 3 aromatic rings. The van der Waals surface area contributed by atoms with Gasteiger partial charge in [-0.2, -0.15) is 0 Å². The zero-order chi connectivity index (χ0) is 16.4. The third-order valence-electron chi connectivity index (χ3n) is 3.70. The number of hydrogen-bond donors (Lipinski definition) is 1. The van der Waals surface area contributed by atoms with Crippen LogP contribution in [0, 0.1) is 6.92 Å². The molecular formula is C18H20N4O. The fraction of sp³-hybridized carbons (Fsp3) is 0.222. The van der Waals surface area contributed by atoms with Crippen LogP contribution in [0.25, 0.3) is 5.65 Å². The maximum atomic E-state index is 12.7. The lowest BCUT2D eigenvalue weighted by Gasteiger charge is -2.12. The molecule has 5 nitrogen and oxygen atoms in total. The highest BCUT2D eigenvalue weighted by atomic mass is 16.1. The number of carbonyl (C=O) groups is 1. The van der Waals surface area contributed by atoms with Crippen molar-refractivity contribution in [3.8, 4) is 0 Å². The Hall–Kier alpha value is -2.66. The second-order valence-corrected chi connectivity index (χ2v) is 5.84. The summed E-state index contributed by atoms with van der Waals surface area (Å²) in [6.45, 7) is 2.61. The average molecular weight is 308 g/mol. The van der Waals surface area contributed by atoms with Gasteiger partial charge in [0.25, 0.3) is 5.91 Å². The van der Waals surface area contributed by atoms with E-state index in [2.05, 4.69) is 10.3 Å². The first-order valence-electron chi connectivity index (χ1n) is 7.54. The van der Waals surface area contributed by atoms with Crippen LogP contribution in [0.3, 0.4) is 0 Å². The molecule has 0 fully saturated rings. The van der Waals surface area contributed by atoms with E-state index >= 15 is 0 Å². The minimum absolute atomic E-state index is 0.181. The van der Waals surface area contributed by atoms with Crippen molar-refractivity contribution in [2.45, 2.75) is 13.5 Å². The summed E-state index contributed by atoms with van der Waals surface area (Å²) in [5.74, 6) is -0.181. The predicted octanol–water partition coefficient (Wildman–Crippen LogP) is 2.96. The molecule has 0 unspecified atom stereocenters. The molecular weight excluding hydrogens is 288 g/mol. The first kappa shape index (κ1) is 15.2. The molecule has 0 saturated heterocycles. The first-order valence-corrected chi connectivity index (χ1v) is 7.54. The summed E-state index contributed by atoms with van der Waals surface area (Å²) in [4.78, 5) is 19.3. The van der Waals surface area contributed by atoms with Gasteiger partial charge in [-0.05, 0) is 44.8 Å². The molecule has 2 aromatic heterocycles. The summed E-state index contributed by atoms with van der Waals surface area (Å²) in [7, 11) is 3.96. The third kappa shape index (κ3) is 3.10. The molecule has 118 valence electrons. The van der Waals surface area contributed by atoms with Gasteiger partial charge in [0, 0.05) is 18.4 Å². The molecule has 2 heterocycles. The SMILES string of the molecule is Cc1ccccc1NC(=O)c1nc2ccccn2c1CN(C)C. The van der Waals surface area contributed by atoms with E-state index in [0.29, 0.717) is 12.2 Å². The number of nitrogens with one attached hydrogen (secondary N) is 1. The summed E-state index contributed by atoms with van der Waals surface area (Å²) in [6, 6.07) is 13.5. The van der Waals surface area contributed by atoms with Crippen LogP contribution in [0.5, 0.6) is 0 Å². The number of aromatic nitrogens is 2. The van der Waals surface area contributed by atoms with Gasteiger partial charge in [0.2, 0.25) is 0 Å². The third-order valence-corrected chi connectivity index (χ3v) is 3.70. The van der Waals surface area contributed by atoms with Gasteiger partial charge in [-0.1, -0.05) is 24.3 Å². The van der Waals surface area contributed by atoms with Gasteiger partial charge in [-0.25, -0.2) is 4.98 Å². The highest BCUT2D eigenvalue weighted by Crippen LogP contribution is 2.18. The molecule has 1 amide bonds. The summed E-state index contributed by atoms with van der Waals surface area (Å²) >= 11 is 0. The molecule has 0 radical (unpaired) electrons. The molecule has 0 aliphatic heterocycles. The highest BCUT2D eigenvalue weighted by molar-refractivity contribution is 6.04. The van der Waals surface area contributed by atoms with Gasteiger partial charge < -0.3 is 14.6 Å². The van der Waals surface area contributed by atoms with Crippen molar-refractivity contribution >= 4 is 17.2 Å². The Kier molecular flexibility index (Phi) is 4.12.